The van der Waals surface area contributed by atoms with Gasteiger partial charge >= 0.3 is 6.18 Å². The number of halogens is 3. The van der Waals surface area contributed by atoms with E-state index in [9.17, 15) is 18.0 Å². The van der Waals surface area contributed by atoms with E-state index in [1.807, 2.05) is 0 Å². The van der Waals surface area contributed by atoms with Crippen molar-refractivity contribution in [3.63, 3.8) is 0 Å². The predicted octanol–water partition coefficient (Wildman–Crippen LogP) is 2.12. The van der Waals surface area contributed by atoms with Gasteiger partial charge in [0.15, 0.2) is 0 Å². The summed E-state index contributed by atoms with van der Waals surface area (Å²) in [6, 6.07) is 4.85. The second kappa shape index (κ2) is 5.24. The van der Waals surface area contributed by atoms with Crippen LogP contribution in [0.15, 0.2) is 36.7 Å². The highest BCUT2D eigenvalue weighted by molar-refractivity contribution is 5.90. The molecule has 1 amide bonds. The SMILES string of the molecule is Nc1ccc(NC(=O)Cn2cccn2)cc1C(F)(F)F. The van der Waals surface area contributed by atoms with Crippen molar-refractivity contribution in [1.29, 1.82) is 0 Å². The smallest absolute Gasteiger partial charge is 0.398 e. The van der Waals surface area contributed by atoms with Crippen molar-refractivity contribution in [2.45, 2.75) is 12.7 Å². The van der Waals surface area contributed by atoms with Gasteiger partial charge < -0.3 is 11.1 Å². The minimum absolute atomic E-state index is 0.0312. The number of amides is 1. The van der Waals surface area contributed by atoms with Crippen molar-refractivity contribution >= 4 is 17.3 Å². The Labute approximate surface area is 112 Å². The molecule has 1 aromatic carbocycles. The molecular weight excluding hydrogens is 273 g/mol. The summed E-state index contributed by atoms with van der Waals surface area (Å²) in [6.07, 6.45) is -1.49. The summed E-state index contributed by atoms with van der Waals surface area (Å²) in [5, 5.41) is 6.19. The number of alkyl halides is 3. The third-order valence-corrected chi connectivity index (χ3v) is 2.51. The van der Waals surface area contributed by atoms with Crippen molar-refractivity contribution in [2.75, 3.05) is 11.1 Å². The standard InChI is InChI=1S/C12H11F3N4O/c13-12(14,15)9-6-8(2-3-10(9)16)18-11(20)7-19-5-1-4-17-19/h1-6H,7,16H2,(H,18,20). The number of rotatable bonds is 3. The second-order valence-electron chi connectivity index (χ2n) is 4.05. The van der Waals surface area contributed by atoms with Crippen LogP contribution in [0, 0.1) is 0 Å². The fourth-order valence-corrected chi connectivity index (χ4v) is 1.62. The van der Waals surface area contributed by atoms with Crippen LogP contribution in [0.1, 0.15) is 5.56 Å². The summed E-state index contributed by atoms with van der Waals surface area (Å²) in [6.45, 7) is -0.0846. The molecule has 2 rings (SSSR count). The van der Waals surface area contributed by atoms with Crippen LogP contribution in [0.2, 0.25) is 0 Å². The zero-order chi connectivity index (χ0) is 14.8. The Morgan fingerprint density at radius 3 is 2.75 bits per heavy atom. The predicted molar refractivity (Wildman–Crippen MR) is 66.7 cm³/mol. The molecule has 1 heterocycles. The average Bonchev–Trinajstić information content (AvgIpc) is 2.83. The maximum atomic E-state index is 12.7. The summed E-state index contributed by atoms with van der Waals surface area (Å²) >= 11 is 0. The van der Waals surface area contributed by atoms with E-state index < -0.39 is 17.6 Å². The first-order chi connectivity index (χ1) is 9.36. The zero-order valence-corrected chi connectivity index (χ0v) is 10.2. The highest BCUT2D eigenvalue weighted by Crippen LogP contribution is 2.35. The number of benzene rings is 1. The molecule has 106 valence electrons. The van der Waals surface area contributed by atoms with Crippen molar-refractivity contribution in [3.05, 3.63) is 42.2 Å². The Kier molecular flexibility index (Phi) is 3.64. The molecule has 0 saturated carbocycles. The minimum Gasteiger partial charge on any atom is -0.398 e. The largest absolute Gasteiger partial charge is 0.418 e. The van der Waals surface area contributed by atoms with Gasteiger partial charge in [-0.15, -0.1) is 0 Å². The van der Waals surface area contributed by atoms with Crippen LogP contribution in [-0.2, 0) is 17.5 Å². The van der Waals surface area contributed by atoms with Gasteiger partial charge in [0.2, 0.25) is 5.91 Å². The summed E-state index contributed by atoms with van der Waals surface area (Å²) in [5.74, 6) is -0.480. The third-order valence-electron chi connectivity index (χ3n) is 2.51. The number of anilines is 2. The highest BCUT2D eigenvalue weighted by atomic mass is 19.4. The Bertz CT molecular complexity index is 608. The minimum atomic E-state index is -4.56. The van der Waals surface area contributed by atoms with Crippen molar-refractivity contribution in [1.82, 2.24) is 9.78 Å². The summed E-state index contributed by atoms with van der Waals surface area (Å²) in [7, 11) is 0. The summed E-state index contributed by atoms with van der Waals surface area (Å²) in [5.41, 5.74) is 3.94. The van der Waals surface area contributed by atoms with E-state index in [0.29, 0.717) is 0 Å². The molecule has 0 aliphatic carbocycles. The van der Waals surface area contributed by atoms with Gasteiger partial charge in [0, 0.05) is 23.8 Å². The molecule has 0 radical (unpaired) electrons. The van der Waals surface area contributed by atoms with Crippen LogP contribution >= 0.6 is 0 Å². The topological polar surface area (TPSA) is 72.9 Å². The van der Waals surface area contributed by atoms with Gasteiger partial charge in [-0.3, -0.25) is 9.48 Å². The maximum Gasteiger partial charge on any atom is 0.418 e. The molecule has 0 bridgehead atoms. The van der Waals surface area contributed by atoms with Gasteiger partial charge in [-0.2, -0.15) is 18.3 Å². The Morgan fingerprint density at radius 2 is 2.15 bits per heavy atom. The van der Waals surface area contributed by atoms with E-state index in [1.54, 1.807) is 12.3 Å². The van der Waals surface area contributed by atoms with Crippen molar-refractivity contribution in [2.24, 2.45) is 0 Å². The van der Waals surface area contributed by atoms with Crippen LogP contribution < -0.4 is 11.1 Å². The van der Waals surface area contributed by atoms with Gasteiger partial charge in [0.05, 0.1) is 5.56 Å². The number of carbonyl (C=O) groups excluding carboxylic acids is 1. The second-order valence-corrected chi connectivity index (χ2v) is 4.05. The third kappa shape index (κ3) is 3.28. The number of nitrogens with two attached hydrogens (primary N) is 1. The number of hydrogen-bond donors (Lipinski definition) is 2. The summed E-state index contributed by atoms with van der Waals surface area (Å²) in [4.78, 5) is 11.6. The number of nitrogens with one attached hydrogen (secondary N) is 1. The van der Waals surface area contributed by atoms with Crippen LogP contribution in [0.4, 0.5) is 24.5 Å². The summed E-state index contributed by atoms with van der Waals surface area (Å²) < 4.78 is 39.4. The molecule has 1 aromatic heterocycles. The van der Waals surface area contributed by atoms with Gasteiger partial charge in [-0.25, -0.2) is 0 Å². The van der Waals surface area contributed by atoms with Crippen LogP contribution in [0.25, 0.3) is 0 Å². The molecule has 20 heavy (non-hydrogen) atoms. The molecule has 0 spiro atoms. The lowest BCUT2D eigenvalue weighted by Gasteiger charge is -2.12. The van der Waals surface area contributed by atoms with E-state index in [0.717, 1.165) is 12.1 Å². The van der Waals surface area contributed by atoms with Crippen molar-refractivity contribution < 1.29 is 18.0 Å². The number of nitrogen functional groups attached to an aromatic ring is 1. The first kappa shape index (κ1) is 13.9. The van der Waals surface area contributed by atoms with Gasteiger partial charge in [0.1, 0.15) is 6.54 Å². The molecule has 2 aromatic rings. The van der Waals surface area contributed by atoms with E-state index in [1.165, 1.54) is 16.9 Å². The Morgan fingerprint density at radius 1 is 1.40 bits per heavy atom. The van der Waals surface area contributed by atoms with Crippen LogP contribution in [-0.4, -0.2) is 15.7 Å². The molecule has 0 aliphatic rings. The van der Waals surface area contributed by atoms with E-state index in [4.69, 9.17) is 5.73 Å². The fraction of sp³-hybridized carbons (Fsp3) is 0.167. The van der Waals surface area contributed by atoms with Gasteiger partial charge in [-0.05, 0) is 24.3 Å². The monoisotopic (exact) mass is 284 g/mol. The van der Waals surface area contributed by atoms with E-state index in [2.05, 4.69) is 10.4 Å². The lowest BCUT2D eigenvalue weighted by Crippen LogP contribution is -2.19. The molecular formula is C12H11F3N4O. The molecule has 0 fully saturated rings. The lowest BCUT2D eigenvalue weighted by atomic mass is 10.1. The van der Waals surface area contributed by atoms with Crippen LogP contribution in [0.3, 0.4) is 0 Å². The molecule has 0 aliphatic heterocycles. The molecule has 8 heteroatoms. The molecule has 5 nitrogen and oxygen atoms in total. The van der Waals surface area contributed by atoms with E-state index >= 15 is 0 Å². The lowest BCUT2D eigenvalue weighted by molar-refractivity contribution is -0.136. The molecule has 3 N–H and O–H groups in total. The van der Waals surface area contributed by atoms with E-state index in [-0.39, 0.29) is 17.9 Å². The van der Waals surface area contributed by atoms with Crippen molar-refractivity contribution in [3.8, 4) is 0 Å². The van der Waals surface area contributed by atoms with Gasteiger partial charge in [-0.1, -0.05) is 0 Å². The number of aromatic nitrogens is 2. The number of nitrogens with zero attached hydrogens (tertiary/aromatic N) is 2. The first-order valence-corrected chi connectivity index (χ1v) is 5.60. The maximum absolute atomic E-state index is 12.7. The normalized spacial score (nSPS) is 11.3. The quantitative estimate of drug-likeness (QED) is 0.848. The van der Waals surface area contributed by atoms with Gasteiger partial charge in [0.25, 0.3) is 0 Å². The number of carbonyl (C=O) groups is 1. The highest BCUT2D eigenvalue weighted by Gasteiger charge is 2.33. The number of hydrogen-bond acceptors (Lipinski definition) is 3. The van der Waals surface area contributed by atoms with Crippen LogP contribution in [0.5, 0.6) is 0 Å². The first-order valence-electron chi connectivity index (χ1n) is 5.60. The Hall–Kier alpha value is -2.51. The molecule has 0 atom stereocenters. The Balaban J connectivity index is 2.12. The fourth-order valence-electron chi connectivity index (χ4n) is 1.62. The molecule has 0 saturated heterocycles. The average molecular weight is 284 g/mol. The molecule has 0 unspecified atom stereocenters. The zero-order valence-electron chi connectivity index (χ0n) is 10.2.